The summed E-state index contributed by atoms with van der Waals surface area (Å²) in [7, 11) is -3.76. The molecule has 0 radical (unpaired) electrons. The lowest BCUT2D eigenvalue weighted by molar-refractivity contribution is -0.384. The van der Waals surface area contributed by atoms with Crippen LogP contribution in [0.3, 0.4) is 0 Å². The van der Waals surface area contributed by atoms with E-state index in [9.17, 15) is 23.3 Å². The van der Waals surface area contributed by atoms with Crippen LogP contribution in [0.15, 0.2) is 47.4 Å². The number of sulfonamides is 1. The van der Waals surface area contributed by atoms with Crippen LogP contribution < -0.4 is 0 Å². The second-order valence-corrected chi connectivity index (χ2v) is 8.76. The number of amides is 1. The highest BCUT2D eigenvalue weighted by Gasteiger charge is 2.30. The summed E-state index contributed by atoms with van der Waals surface area (Å²) in [6.45, 7) is 4.79. The molecule has 28 heavy (non-hydrogen) atoms. The van der Waals surface area contributed by atoms with Crippen molar-refractivity contribution in [2.75, 3.05) is 26.2 Å². The summed E-state index contributed by atoms with van der Waals surface area (Å²) in [4.78, 5) is 24.5. The topological polar surface area (TPSA) is 101 Å². The second kappa shape index (κ2) is 7.69. The quantitative estimate of drug-likeness (QED) is 0.576. The van der Waals surface area contributed by atoms with Crippen LogP contribution in [0, 0.1) is 24.0 Å². The van der Waals surface area contributed by atoms with Gasteiger partial charge in [0.1, 0.15) is 0 Å². The maximum absolute atomic E-state index is 12.8. The Morgan fingerprint density at radius 1 is 0.964 bits per heavy atom. The molecule has 9 heteroatoms. The minimum atomic E-state index is -3.76. The number of nitro benzene ring substituents is 1. The number of hydrogen-bond acceptors (Lipinski definition) is 5. The van der Waals surface area contributed by atoms with Crippen LogP contribution >= 0.6 is 0 Å². The van der Waals surface area contributed by atoms with Crippen LogP contribution in [0.25, 0.3) is 0 Å². The molecule has 2 aromatic rings. The normalized spacial score (nSPS) is 15.4. The van der Waals surface area contributed by atoms with Gasteiger partial charge in [-0.25, -0.2) is 8.42 Å². The lowest BCUT2D eigenvalue weighted by atomic mass is 10.1. The van der Waals surface area contributed by atoms with Crippen molar-refractivity contribution in [3.05, 3.63) is 69.3 Å². The van der Waals surface area contributed by atoms with Gasteiger partial charge in [0.2, 0.25) is 10.0 Å². The fourth-order valence-electron chi connectivity index (χ4n) is 3.30. The molecule has 1 fully saturated rings. The summed E-state index contributed by atoms with van der Waals surface area (Å²) in [5, 5.41) is 10.7. The van der Waals surface area contributed by atoms with Gasteiger partial charge in [-0.2, -0.15) is 4.31 Å². The highest BCUT2D eigenvalue weighted by Crippen LogP contribution is 2.21. The number of rotatable bonds is 4. The lowest BCUT2D eigenvalue weighted by Crippen LogP contribution is -2.50. The van der Waals surface area contributed by atoms with E-state index in [0.29, 0.717) is 5.56 Å². The van der Waals surface area contributed by atoms with Crippen LogP contribution in [-0.4, -0.2) is 54.6 Å². The van der Waals surface area contributed by atoms with Crippen molar-refractivity contribution in [1.29, 1.82) is 0 Å². The van der Waals surface area contributed by atoms with E-state index in [-0.39, 0.29) is 42.7 Å². The first-order valence-electron chi connectivity index (χ1n) is 8.80. The van der Waals surface area contributed by atoms with Crippen molar-refractivity contribution in [3.8, 4) is 0 Å². The molecule has 2 aromatic carbocycles. The third-order valence-corrected chi connectivity index (χ3v) is 6.59. The number of nitro groups is 1. The molecule has 1 amide bonds. The smallest absolute Gasteiger partial charge is 0.269 e. The zero-order valence-corrected chi connectivity index (χ0v) is 16.5. The van der Waals surface area contributed by atoms with Crippen LogP contribution in [0.4, 0.5) is 5.69 Å². The van der Waals surface area contributed by atoms with Gasteiger partial charge in [-0.1, -0.05) is 17.2 Å². The van der Waals surface area contributed by atoms with Gasteiger partial charge in [-0.05, 0) is 38.1 Å². The predicted molar refractivity (Wildman–Crippen MR) is 104 cm³/mol. The number of nitrogens with zero attached hydrogens (tertiary/aromatic N) is 3. The average Bonchev–Trinajstić information content (AvgIpc) is 2.67. The fraction of sp³-hybridized carbons (Fsp3) is 0.316. The molecule has 0 N–H and O–H groups in total. The maximum atomic E-state index is 12.8. The van der Waals surface area contributed by atoms with Crippen molar-refractivity contribution in [1.82, 2.24) is 9.21 Å². The SMILES string of the molecule is Cc1cc(C)cc(C(=O)N2CCN(S(=O)(=O)c3ccc([N+](=O)[O-])cc3)CC2)c1. The summed E-state index contributed by atoms with van der Waals surface area (Å²) in [6.07, 6.45) is 0. The van der Waals surface area contributed by atoms with Crippen molar-refractivity contribution >= 4 is 21.6 Å². The molecule has 3 rings (SSSR count). The molecule has 0 spiro atoms. The van der Waals surface area contributed by atoms with Crippen molar-refractivity contribution in [2.24, 2.45) is 0 Å². The molecule has 0 saturated carbocycles. The van der Waals surface area contributed by atoms with E-state index in [2.05, 4.69) is 0 Å². The first-order chi connectivity index (χ1) is 13.2. The van der Waals surface area contributed by atoms with Crippen LogP contribution in [0.5, 0.6) is 0 Å². The second-order valence-electron chi connectivity index (χ2n) is 6.82. The molecular formula is C19H21N3O5S. The molecule has 1 heterocycles. The zero-order valence-electron chi connectivity index (χ0n) is 15.7. The monoisotopic (exact) mass is 403 g/mol. The predicted octanol–water partition coefficient (Wildman–Crippen LogP) is 2.36. The van der Waals surface area contributed by atoms with Gasteiger partial charge in [-0.3, -0.25) is 14.9 Å². The molecule has 1 saturated heterocycles. The molecule has 1 aliphatic heterocycles. The Labute approximate surface area is 163 Å². The van der Waals surface area contributed by atoms with Crippen LogP contribution in [0.2, 0.25) is 0 Å². The van der Waals surface area contributed by atoms with E-state index < -0.39 is 14.9 Å². The third-order valence-electron chi connectivity index (χ3n) is 4.68. The molecule has 8 nitrogen and oxygen atoms in total. The molecule has 0 atom stereocenters. The molecule has 1 aliphatic rings. The highest BCUT2D eigenvalue weighted by molar-refractivity contribution is 7.89. The minimum absolute atomic E-state index is 0.00665. The number of carbonyl (C=O) groups excluding carboxylic acids is 1. The first-order valence-corrected chi connectivity index (χ1v) is 10.2. The maximum Gasteiger partial charge on any atom is 0.269 e. The lowest BCUT2D eigenvalue weighted by Gasteiger charge is -2.34. The fourth-order valence-corrected chi connectivity index (χ4v) is 4.72. The number of piperazine rings is 1. The number of hydrogen-bond donors (Lipinski definition) is 0. The van der Waals surface area contributed by atoms with Crippen molar-refractivity contribution in [2.45, 2.75) is 18.7 Å². The van der Waals surface area contributed by atoms with Gasteiger partial charge in [0, 0.05) is 43.9 Å². The largest absolute Gasteiger partial charge is 0.336 e. The van der Waals surface area contributed by atoms with Crippen LogP contribution in [-0.2, 0) is 10.0 Å². The Morgan fingerprint density at radius 2 is 1.50 bits per heavy atom. The van der Waals surface area contributed by atoms with Gasteiger partial charge < -0.3 is 4.90 Å². The van der Waals surface area contributed by atoms with Gasteiger partial charge in [0.25, 0.3) is 11.6 Å². The van der Waals surface area contributed by atoms with Crippen molar-refractivity contribution < 1.29 is 18.1 Å². The van der Waals surface area contributed by atoms with Gasteiger partial charge in [-0.15, -0.1) is 0 Å². The van der Waals surface area contributed by atoms with E-state index in [1.807, 2.05) is 32.0 Å². The molecule has 0 aliphatic carbocycles. The molecule has 0 aromatic heterocycles. The Kier molecular flexibility index (Phi) is 5.48. The number of aryl methyl sites for hydroxylation is 2. The molecule has 148 valence electrons. The number of carbonyl (C=O) groups is 1. The van der Waals surface area contributed by atoms with E-state index >= 15 is 0 Å². The van der Waals surface area contributed by atoms with Crippen LogP contribution in [0.1, 0.15) is 21.5 Å². The third kappa shape index (κ3) is 4.05. The Hall–Kier alpha value is -2.78. The summed E-state index contributed by atoms with van der Waals surface area (Å²) in [5.41, 5.74) is 2.44. The van der Waals surface area contributed by atoms with E-state index in [1.54, 1.807) is 4.90 Å². The standard InChI is InChI=1S/C19H21N3O5S/c1-14-11-15(2)13-16(12-14)19(23)20-7-9-21(10-8-20)28(26,27)18-5-3-17(4-6-18)22(24)25/h3-6,11-13H,7-10H2,1-2H3. The molecular weight excluding hydrogens is 382 g/mol. The van der Waals surface area contributed by atoms with Gasteiger partial charge >= 0.3 is 0 Å². The summed E-state index contributed by atoms with van der Waals surface area (Å²) < 4.78 is 26.8. The molecule has 0 bridgehead atoms. The minimum Gasteiger partial charge on any atom is -0.336 e. The summed E-state index contributed by atoms with van der Waals surface area (Å²) >= 11 is 0. The zero-order chi connectivity index (χ0) is 20.5. The van der Waals surface area contributed by atoms with Gasteiger partial charge in [0.15, 0.2) is 0 Å². The average molecular weight is 403 g/mol. The first kappa shape index (κ1) is 20.0. The van der Waals surface area contributed by atoms with E-state index in [4.69, 9.17) is 0 Å². The highest BCUT2D eigenvalue weighted by atomic mass is 32.2. The Balaban J connectivity index is 1.70. The van der Waals surface area contributed by atoms with E-state index in [0.717, 1.165) is 11.1 Å². The van der Waals surface area contributed by atoms with Gasteiger partial charge in [0.05, 0.1) is 9.82 Å². The number of benzene rings is 2. The molecule has 0 unspecified atom stereocenters. The van der Waals surface area contributed by atoms with Crippen molar-refractivity contribution in [3.63, 3.8) is 0 Å². The summed E-state index contributed by atoms with van der Waals surface area (Å²) in [6, 6.07) is 10.5. The summed E-state index contributed by atoms with van der Waals surface area (Å²) in [5.74, 6) is -0.112. The Bertz CT molecular complexity index is 990. The number of non-ortho nitro benzene ring substituents is 1. The van der Waals surface area contributed by atoms with E-state index in [1.165, 1.54) is 28.6 Å². The Morgan fingerprint density at radius 3 is 2.00 bits per heavy atom.